The van der Waals surface area contributed by atoms with E-state index >= 15 is 0 Å². The van der Waals surface area contributed by atoms with Crippen LogP contribution >= 0.6 is 47.1 Å². The van der Waals surface area contributed by atoms with Crippen LogP contribution in [0.2, 0.25) is 0 Å². The standard InChI is InChI=1S/C10H16N4O2S3.HI/c11-10(14-3-5-17-6-4-14)13-7-8-1-2-9(18-8)19(12,15)16;/h1-2H,3-7H2,(H2,11,13)(H2,12,15,16);1H. The molecule has 0 spiro atoms. The fourth-order valence-electron chi connectivity index (χ4n) is 1.65. The molecule has 0 unspecified atom stereocenters. The molecule has 0 bridgehead atoms. The Kier molecular flexibility index (Phi) is 7.04. The molecule has 20 heavy (non-hydrogen) atoms. The molecule has 0 aromatic carbocycles. The molecule has 0 atom stereocenters. The number of halogens is 1. The highest BCUT2D eigenvalue weighted by atomic mass is 127. The Morgan fingerprint density at radius 3 is 2.55 bits per heavy atom. The van der Waals surface area contributed by atoms with Crippen LogP contribution < -0.4 is 10.9 Å². The van der Waals surface area contributed by atoms with Gasteiger partial charge in [0.25, 0.3) is 0 Å². The predicted molar refractivity (Wildman–Crippen MR) is 95.3 cm³/mol. The lowest BCUT2D eigenvalue weighted by molar-refractivity contribution is 0.456. The molecular weight excluding hydrogens is 431 g/mol. The molecule has 1 aromatic heterocycles. The van der Waals surface area contributed by atoms with Crippen molar-refractivity contribution < 1.29 is 8.42 Å². The zero-order valence-corrected chi connectivity index (χ0v) is 15.5. The van der Waals surface area contributed by atoms with Gasteiger partial charge in [0, 0.05) is 29.5 Å². The molecule has 1 saturated heterocycles. The molecule has 6 nitrogen and oxygen atoms in total. The normalized spacial score (nSPS) is 16.9. The van der Waals surface area contributed by atoms with Gasteiger partial charge in [-0.2, -0.15) is 11.8 Å². The maximum absolute atomic E-state index is 11.1. The summed E-state index contributed by atoms with van der Waals surface area (Å²) in [5, 5.41) is 5.05. The topological polar surface area (TPSA) is 102 Å². The van der Waals surface area contributed by atoms with Gasteiger partial charge in [-0.3, -0.25) is 0 Å². The summed E-state index contributed by atoms with van der Waals surface area (Å²) in [7, 11) is -3.62. The van der Waals surface area contributed by atoms with Gasteiger partial charge < -0.3 is 10.6 Å². The van der Waals surface area contributed by atoms with E-state index in [1.54, 1.807) is 6.07 Å². The van der Waals surface area contributed by atoms with Crippen molar-refractivity contribution in [3.8, 4) is 0 Å². The maximum Gasteiger partial charge on any atom is 0.247 e. The summed E-state index contributed by atoms with van der Waals surface area (Å²) in [6, 6.07) is 3.21. The first kappa shape index (κ1) is 18.0. The van der Waals surface area contributed by atoms with E-state index in [1.807, 2.05) is 16.7 Å². The van der Waals surface area contributed by atoms with Crippen LogP contribution in [0, 0.1) is 0 Å². The van der Waals surface area contributed by atoms with Crippen LogP contribution in [-0.2, 0) is 16.6 Å². The van der Waals surface area contributed by atoms with Crippen molar-refractivity contribution in [1.29, 1.82) is 0 Å². The summed E-state index contributed by atoms with van der Waals surface area (Å²) in [5.41, 5.74) is 5.92. The van der Waals surface area contributed by atoms with E-state index in [2.05, 4.69) is 4.99 Å². The minimum atomic E-state index is -3.62. The Hall–Kier alpha value is -0.0400. The highest BCUT2D eigenvalue weighted by molar-refractivity contribution is 14.0. The van der Waals surface area contributed by atoms with Crippen LogP contribution in [0.4, 0.5) is 0 Å². The minimum Gasteiger partial charge on any atom is -0.370 e. The minimum absolute atomic E-state index is 0. The molecule has 0 amide bonds. The maximum atomic E-state index is 11.1. The number of rotatable bonds is 3. The summed E-state index contributed by atoms with van der Waals surface area (Å²) in [6.45, 7) is 2.20. The number of hydrogen-bond acceptors (Lipinski definition) is 5. The van der Waals surface area contributed by atoms with Crippen molar-refractivity contribution in [3.63, 3.8) is 0 Å². The molecule has 1 aliphatic rings. The van der Waals surface area contributed by atoms with Crippen LogP contribution in [0.15, 0.2) is 21.3 Å². The molecule has 0 saturated carbocycles. The molecule has 0 aliphatic carbocycles. The van der Waals surface area contributed by atoms with Crippen LogP contribution in [0.5, 0.6) is 0 Å². The van der Waals surface area contributed by atoms with Crippen LogP contribution in [-0.4, -0.2) is 43.9 Å². The Labute approximate surface area is 144 Å². The fourth-order valence-corrected chi connectivity index (χ4v) is 4.25. The van der Waals surface area contributed by atoms with Crippen molar-refractivity contribution in [2.45, 2.75) is 10.8 Å². The number of aliphatic imine (C=N–C) groups is 1. The third-order valence-electron chi connectivity index (χ3n) is 2.65. The molecule has 0 radical (unpaired) electrons. The van der Waals surface area contributed by atoms with Gasteiger partial charge in [-0.1, -0.05) is 0 Å². The molecule has 1 aliphatic heterocycles. The van der Waals surface area contributed by atoms with Crippen molar-refractivity contribution >= 4 is 63.1 Å². The summed E-state index contributed by atoms with van der Waals surface area (Å²) in [6.07, 6.45) is 0. The number of thiophene rings is 1. The summed E-state index contributed by atoms with van der Waals surface area (Å²) in [5.74, 6) is 2.64. The van der Waals surface area contributed by atoms with Crippen LogP contribution in [0.25, 0.3) is 0 Å². The number of hydrogen-bond donors (Lipinski definition) is 2. The zero-order chi connectivity index (χ0) is 13.9. The van der Waals surface area contributed by atoms with Gasteiger partial charge in [0.1, 0.15) is 4.21 Å². The van der Waals surface area contributed by atoms with Gasteiger partial charge in [0.05, 0.1) is 6.54 Å². The number of nitrogens with zero attached hydrogens (tertiary/aromatic N) is 2. The lowest BCUT2D eigenvalue weighted by Gasteiger charge is -2.27. The quantitative estimate of drug-likeness (QED) is 0.406. The van der Waals surface area contributed by atoms with E-state index in [4.69, 9.17) is 10.9 Å². The number of guanidine groups is 1. The van der Waals surface area contributed by atoms with Crippen LogP contribution in [0.1, 0.15) is 4.88 Å². The summed E-state index contributed by atoms with van der Waals surface area (Å²) >= 11 is 3.04. The molecule has 4 N–H and O–H groups in total. The van der Waals surface area contributed by atoms with Gasteiger partial charge >= 0.3 is 0 Å². The highest BCUT2D eigenvalue weighted by Crippen LogP contribution is 2.21. The first-order chi connectivity index (χ1) is 8.97. The molecule has 1 fully saturated rings. The second-order valence-electron chi connectivity index (χ2n) is 4.04. The molecule has 114 valence electrons. The summed E-state index contributed by atoms with van der Waals surface area (Å²) in [4.78, 5) is 7.18. The first-order valence-corrected chi connectivity index (χ1v) is 9.23. The highest BCUT2D eigenvalue weighted by Gasteiger charge is 2.13. The van der Waals surface area contributed by atoms with Gasteiger partial charge in [0.2, 0.25) is 10.0 Å². The first-order valence-electron chi connectivity index (χ1n) is 5.71. The zero-order valence-electron chi connectivity index (χ0n) is 10.7. The van der Waals surface area contributed by atoms with E-state index in [-0.39, 0.29) is 28.2 Å². The van der Waals surface area contributed by atoms with Crippen molar-refractivity contribution in [1.82, 2.24) is 4.90 Å². The average molecular weight is 448 g/mol. The second kappa shape index (κ2) is 7.82. The van der Waals surface area contributed by atoms with E-state index in [0.29, 0.717) is 12.5 Å². The lowest BCUT2D eigenvalue weighted by atomic mass is 10.5. The SMILES string of the molecule is I.NC(=NCc1ccc(S(N)(=O)=O)s1)N1CCSCC1. The molecule has 2 rings (SSSR count). The molecular formula is C10H17IN4O2S3. The van der Waals surface area contributed by atoms with Crippen molar-refractivity contribution in [2.75, 3.05) is 24.6 Å². The third-order valence-corrected chi connectivity index (χ3v) is 6.10. The number of primary sulfonamides is 1. The van der Waals surface area contributed by atoms with E-state index in [9.17, 15) is 8.42 Å². The average Bonchev–Trinajstić information content (AvgIpc) is 2.86. The van der Waals surface area contributed by atoms with Gasteiger partial charge in [0.15, 0.2) is 5.96 Å². The third kappa shape index (κ3) is 5.06. The van der Waals surface area contributed by atoms with E-state index < -0.39 is 10.0 Å². The van der Waals surface area contributed by atoms with Gasteiger partial charge in [-0.05, 0) is 12.1 Å². The largest absolute Gasteiger partial charge is 0.370 e. The van der Waals surface area contributed by atoms with Crippen molar-refractivity contribution in [3.05, 3.63) is 17.0 Å². The Morgan fingerprint density at radius 1 is 1.35 bits per heavy atom. The lowest BCUT2D eigenvalue weighted by Crippen LogP contribution is -2.42. The van der Waals surface area contributed by atoms with Crippen LogP contribution in [0.3, 0.4) is 0 Å². The van der Waals surface area contributed by atoms with E-state index in [1.165, 1.54) is 6.07 Å². The predicted octanol–water partition coefficient (Wildman–Crippen LogP) is 0.877. The summed E-state index contributed by atoms with van der Waals surface area (Å²) < 4.78 is 22.5. The number of nitrogens with two attached hydrogens (primary N) is 2. The van der Waals surface area contributed by atoms with Gasteiger partial charge in [-0.25, -0.2) is 18.5 Å². The second-order valence-corrected chi connectivity index (χ2v) is 8.22. The Morgan fingerprint density at radius 2 is 2.00 bits per heavy atom. The Balaban J connectivity index is 0.00000200. The fraction of sp³-hybridized carbons (Fsp3) is 0.500. The van der Waals surface area contributed by atoms with E-state index in [0.717, 1.165) is 40.8 Å². The molecule has 2 heterocycles. The monoisotopic (exact) mass is 448 g/mol. The smallest absolute Gasteiger partial charge is 0.247 e. The number of thioether (sulfide) groups is 1. The Bertz CT molecular complexity index is 567. The molecule has 10 heteroatoms. The number of sulfonamides is 1. The van der Waals surface area contributed by atoms with Gasteiger partial charge in [-0.15, -0.1) is 35.3 Å². The molecule has 1 aromatic rings. The van der Waals surface area contributed by atoms with Crippen molar-refractivity contribution in [2.24, 2.45) is 15.9 Å².